The summed E-state index contributed by atoms with van der Waals surface area (Å²) in [4.78, 5) is 54.2. The molecule has 0 radical (unpaired) electrons. The van der Waals surface area contributed by atoms with Crippen LogP contribution in [0.15, 0.2) is 84.9 Å². The number of primary amides is 1. The number of halogens is 1. The molecule has 3 aromatic rings. The number of aromatic hydroxyl groups is 1. The zero-order valence-corrected chi connectivity index (χ0v) is 25.9. The van der Waals surface area contributed by atoms with E-state index in [1.165, 1.54) is 17.0 Å². The van der Waals surface area contributed by atoms with Crippen LogP contribution < -0.4 is 27.8 Å². The molecule has 0 spiro atoms. The normalized spacial score (nSPS) is 17.9. The summed E-state index contributed by atoms with van der Waals surface area (Å²) < 4.78 is 0. The van der Waals surface area contributed by atoms with Gasteiger partial charge in [-0.15, -0.1) is 17.0 Å². The Morgan fingerprint density at radius 3 is 1.86 bits per heavy atom. The van der Waals surface area contributed by atoms with Crippen LogP contribution in [-0.2, 0) is 38.4 Å². The molecule has 234 valence electrons. The first-order chi connectivity index (χ1) is 20.6. The van der Waals surface area contributed by atoms with E-state index in [0.717, 1.165) is 16.7 Å². The maximum Gasteiger partial charge on any atom is 0.243 e. The number of nitrogens with one attached hydrogen (secondary N) is 2. The molecule has 0 aromatic heterocycles. The number of nitrogens with two attached hydrogens (primary N) is 3. The van der Waals surface area contributed by atoms with Crippen molar-refractivity contribution in [3.63, 3.8) is 0 Å². The highest BCUT2D eigenvalue weighted by atomic mass is 79.9. The van der Waals surface area contributed by atoms with Crippen molar-refractivity contribution in [3.8, 4) is 5.75 Å². The second kappa shape index (κ2) is 16.0. The number of rotatable bonds is 12. The van der Waals surface area contributed by atoms with Crippen LogP contribution in [0.2, 0.25) is 0 Å². The van der Waals surface area contributed by atoms with Gasteiger partial charge in [-0.1, -0.05) is 72.8 Å². The van der Waals surface area contributed by atoms with E-state index in [0.29, 0.717) is 0 Å². The smallest absolute Gasteiger partial charge is 0.243 e. The largest absolute Gasteiger partial charge is 0.508 e. The van der Waals surface area contributed by atoms with E-state index in [9.17, 15) is 24.3 Å². The second-order valence-corrected chi connectivity index (χ2v) is 10.9. The van der Waals surface area contributed by atoms with Crippen LogP contribution in [0.4, 0.5) is 0 Å². The third-order valence-corrected chi connectivity index (χ3v) is 7.49. The van der Waals surface area contributed by atoms with Gasteiger partial charge in [-0.25, -0.2) is 0 Å². The minimum Gasteiger partial charge on any atom is -0.508 e. The molecule has 4 rings (SSSR count). The lowest BCUT2D eigenvalue weighted by Crippen LogP contribution is -2.58. The molecule has 1 aliphatic rings. The summed E-state index contributed by atoms with van der Waals surface area (Å²) in [5, 5.41) is 15.0. The molecule has 9 N–H and O–H groups in total. The molecule has 0 aliphatic carbocycles. The molecule has 5 atom stereocenters. The molecular weight excluding hydrogens is 628 g/mol. The molecule has 3 aromatic carbocycles. The summed E-state index contributed by atoms with van der Waals surface area (Å²) in [6, 6.07) is 20.2. The van der Waals surface area contributed by atoms with Gasteiger partial charge in [0.15, 0.2) is 0 Å². The minimum absolute atomic E-state index is 0. The summed E-state index contributed by atoms with van der Waals surface area (Å²) in [5.41, 5.74) is 20.4. The SMILES string of the molecule is Br.NC(=O)[C@@H](Cc1ccccc1)NC(=O)[C@H](Cc1ccccc1)NC(=O)[C@@H]1C[C@H](N)CN1C(=O)[C@@H](N)Cc1ccc(O)cc1. The van der Waals surface area contributed by atoms with Crippen molar-refractivity contribution < 1.29 is 24.3 Å². The standard InChI is InChI=1S/C32H38N6O5.BrH/c33-23-18-28(38(19-23)32(43)25(34)15-22-11-13-24(39)14-12-22)31(42)37-27(17-21-9-5-2-6-10-21)30(41)36-26(29(35)40)16-20-7-3-1-4-8-20;/h1-14,23,25-28,39H,15-19,33-34H2,(H2,35,40)(H,36,41)(H,37,42);1H/t23-,25-,26+,27-,28-;/m0./s1. The fourth-order valence-corrected chi connectivity index (χ4v) is 5.22. The third kappa shape index (κ3) is 9.37. The fraction of sp³-hybridized carbons (Fsp3) is 0.312. The molecule has 44 heavy (non-hydrogen) atoms. The van der Waals surface area contributed by atoms with Gasteiger partial charge >= 0.3 is 0 Å². The highest BCUT2D eigenvalue weighted by Gasteiger charge is 2.41. The number of amides is 4. The third-order valence-electron chi connectivity index (χ3n) is 7.49. The average molecular weight is 668 g/mol. The summed E-state index contributed by atoms with van der Waals surface area (Å²) >= 11 is 0. The maximum absolute atomic E-state index is 13.6. The first-order valence-corrected chi connectivity index (χ1v) is 14.2. The van der Waals surface area contributed by atoms with Crippen molar-refractivity contribution in [3.05, 3.63) is 102 Å². The van der Waals surface area contributed by atoms with Crippen molar-refractivity contribution in [1.29, 1.82) is 0 Å². The van der Waals surface area contributed by atoms with E-state index < -0.39 is 53.8 Å². The predicted octanol–water partition coefficient (Wildman–Crippen LogP) is 0.708. The Bertz CT molecular complexity index is 1410. The molecule has 1 fully saturated rings. The Hall–Kier alpha value is -4.26. The van der Waals surface area contributed by atoms with E-state index in [1.54, 1.807) is 12.1 Å². The van der Waals surface area contributed by atoms with Crippen molar-refractivity contribution in [2.24, 2.45) is 17.2 Å². The van der Waals surface area contributed by atoms with Crippen LogP contribution in [0.25, 0.3) is 0 Å². The van der Waals surface area contributed by atoms with E-state index in [1.807, 2.05) is 60.7 Å². The van der Waals surface area contributed by atoms with Gasteiger partial charge in [0, 0.05) is 25.4 Å². The Morgan fingerprint density at radius 2 is 1.32 bits per heavy atom. The molecule has 12 heteroatoms. The highest BCUT2D eigenvalue weighted by molar-refractivity contribution is 8.93. The topological polar surface area (TPSA) is 194 Å². The van der Waals surface area contributed by atoms with Crippen LogP contribution in [0.5, 0.6) is 5.75 Å². The number of carbonyl (C=O) groups excluding carboxylic acids is 4. The highest BCUT2D eigenvalue weighted by Crippen LogP contribution is 2.20. The van der Waals surface area contributed by atoms with Gasteiger partial charge in [-0.2, -0.15) is 0 Å². The zero-order valence-electron chi connectivity index (χ0n) is 24.2. The van der Waals surface area contributed by atoms with Gasteiger partial charge in [0.2, 0.25) is 23.6 Å². The van der Waals surface area contributed by atoms with Gasteiger partial charge in [0.25, 0.3) is 0 Å². The Balaban J connectivity index is 0.00000529. The lowest BCUT2D eigenvalue weighted by atomic mass is 10.0. The minimum atomic E-state index is -1.06. The molecular formula is C32H39BrN6O5. The number of hydrogen-bond acceptors (Lipinski definition) is 7. The first-order valence-electron chi connectivity index (χ1n) is 14.2. The van der Waals surface area contributed by atoms with Crippen LogP contribution in [0.1, 0.15) is 23.1 Å². The molecule has 1 aliphatic heterocycles. The second-order valence-electron chi connectivity index (χ2n) is 10.9. The van der Waals surface area contributed by atoms with Gasteiger partial charge in [-0.3, -0.25) is 19.2 Å². The van der Waals surface area contributed by atoms with Crippen LogP contribution in [0, 0.1) is 0 Å². The van der Waals surface area contributed by atoms with Crippen molar-refractivity contribution in [2.75, 3.05) is 6.54 Å². The van der Waals surface area contributed by atoms with Crippen LogP contribution in [0.3, 0.4) is 0 Å². The summed E-state index contributed by atoms with van der Waals surface area (Å²) in [6.07, 6.45) is 0.726. The molecule has 1 saturated heterocycles. The van der Waals surface area contributed by atoms with Crippen molar-refractivity contribution >= 4 is 40.6 Å². The number of phenolic OH excluding ortho intramolecular Hbond substituents is 1. The first kappa shape index (κ1) is 34.2. The molecule has 1 heterocycles. The van der Waals surface area contributed by atoms with Gasteiger partial charge in [-0.05, 0) is 41.7 Å². The molecule has 11 nitrogen and oxygen atoms in total. The van der Waals surface area contributed by atoms with Gasteiger partial charge in [0.1, 0.15) is 23.9 Å². The lowest BCUT2D eigenvalue weighted by molar-refractivity contribution is -0.140. The number of benzene rings is 3. The molecule has 0 saturated carbocycles. The zero-order chi connectivity index (χ0) is 30.9. The van der Waals surface area contributed by atoms with E-state index in [2.05, 4.69) is 10.6 Å². The summed E-state index contributed by atoms with van der Waals surface area (Å²) in [7, 11) is 0. The van der Waals surface area contributed by atoms with Gasteiger partial charge < -0.3 is 37.8 Å². The Kier molecular flexibility index (Phi) is 12.4. The van der Waals surface area contributed by atoms with Gasteiger partial charge in [0.05, 0.1) is 6.04 Å². The maximum atomic E-state index is 13.6. The van der Waals surface area contributed by atoms with E-state index >= 15 is 0 Å². The molecule has 0 bridgehead atoms. The Morgan fingerprint density at radius 1 is 0.795 bits per heavy atom. The molecule has 0 unspecified atom stereocenters. The Labute approximate surface area is 266 Å². The number of carbonyl (C=O) groups is 4. The summed E-state index contributed by atoms with van der Waals surface area (Å²) in [6.45, 7) is 0.135. The van der Waals surface area contributed by atoms with Crippen LogP contribution in [-0.4, -0.2) is 70.4 Å². The van der Waals surface area contributed by atoms with Crippen molar-refractivity contribution in [2.45, 2.75) is 55.9 Å². The monoisotopic (exact) mass is 666 g/mol. The number of hydrogen-bond donors (Lipinski definition) is 6. The van der Waals surface area contributed by atoms with Crippen LogP contribution >= 0.6 is 17.0 Å². The van der Waals surface area contributed by atoms with E-state index in [-0.39, 0.29) is 55.0 Å². The quantitative estimate of drug-likeness (QED) is 0.164. The fourth-order valence-electron chi connectivity index (χ4n) is 5.22. The number of phenols is 1. The van der Waals surface area contributed by atoms with Crippen molar-refractivity contribution in [1.82, 2.24) is 15.5 Å². The summed E-state index contributed by atoms with van der Waals surface area (Å²) in [5.74, 6) is -2.18. The number of nitrogens with zero attached hydrogens (tertiary/aromatic N) is 1. The molecule has 4 amide bonds. The number of likely N-dealkylation sites (tertiary alicyclic amines) is 1. The van der Waals surface area contributed by atoms with E-state index in [4.69, 9.17) is 17.2 Å². The lowest BCUT2D eigenvalue weighted by Gasteiger charge is -2.29. The average Bonchev–Trinajstić information content (AvgIpc) is 3.39. The predicted molar refractivity (Wildman–Crippen MR) is 172 cm³/mol.